The van der Waals surface area contributed by atoms with Crippen molar-refractivity contribution >= 4 is 29.9 Å². The number of nitrogens with two attached hydrogens (primary N) is 1. The maximum absolute atomic E-state index is 11.0. The highest BCUT2D eigenvalue weighted by Crippen LogP contribution is 2.28. The largest absolute Gasteiger partial charge is 0.497 e. The lowest BCUT2D eigenvalue weighted by Crippen LogP contribution is -2.33. The minimum atomic E-state index is -0.884. The highest BCUT2D eigenvalue weighted by atomic mass is 127. The topological polar surface area (TPSA) is 93.8 Å². The van der Waals surface area contributed by atoms with E-state index in [2.05, 4.69) is 5.32 Å². The van der Waals surface area contributed by atoms with Gasteiger partial charge in [0.2, 0.25) is 5.91 Å². The molecule has 1 aromatic rings. The SMILES string of the molecule is COc1ccc(OC)c(C(O)CNC(=O)CN)c1.I. The van der Waals surface area contributed by atoms with Crippen molar-refractivity contribution in [3.8, 4) is 11.5 Å². The van der Waals surface area contributed by atoms with Crippen LogP contribution in [-0.4, -0.2) is 38.3 Å². The van der Waals surface area contributed by atoms with Crippen molar-refractivity contribution in [3.63, 3.8) is 0 Å². The van der Waals surface area contributed by atoms with Crippen LogP contribution in [0.1, 0.15) is 11.7 Å². The molecule has 0 aliphatic rings. The molecule has 0 aromatic heterocycles. The number of aliphatic hydroxyl groups is 1. The van der Waals surface area contributed by atoms with Gasteiger partial charge in [-0.3, -0.25) is 4.79 Å². The van der Waals surface area contributed by atoms with Gasteiger partial charge in [-0.15, -0.1) is 24.0 Å². The first kappa shape index (κ1) is 17.9. The molecule has 0 spiro atoms. The van der Waals surface area contributed by atoms with Crippen LogP contribution in [-0.2, 0) is 4.79 Å². The van der Waals surface area contributed by atoms with E-state index in [1.54, 1.807) is 18.2 Å². The Morgan fingerprint density at radius 3 is 2.63 bits per heavy atom. The number of benzene rings is 1. The highest BCUT2D eigenvalue weighted by molar-refractivity contribution is 14.0. The van der Waals surface area contributed by atoms with Crippen LogP contribution in [0.15, 0.2) is 18.2 Å². The molecule has 0 aliphatic heterocycles. The van der Waals surface area contributed by atoms with Crippen molar-refractivity contribution in [3.05, 3.63) is 23.8 Å². The van der Waals surface area contributed by atoms with Crippen molar-refractivity contribution in [2.45, 2.75) is 6.10 Å². The fraction of sp³-hybridized carbons (Fsp3) is 0.417. The first-order valence-electron chi connectivity index (χ1n) is 5.49. The zero-order valence-electron chi connectivity index (χ0n) is 10.9. The van der Waals surface area contributed by atoms with Gasteiger partial charge in [-0.05, 0) is 18.2 Å². The summed E-state index contributed by atoms with van der Waals surface area (Å²) in [4.78, 5) is 11.0. The first-order chi connectivity index (χ1) is 8.62. The smallest absolute Gasteiger partial charge is 0.233 e. The van der Waals surface area contributed by atoms with Gasteiger partial charge in [-0.1, -0.05) is 0 Å². The molecule has 108 valence electrons. The fourth-order valence-corrected chi connectivity index (χ4v) is 1.49. The van der Waals surface area contributed by atoms with Crippen molar-refractivity contribution < 1.29 is 19.4 Å². The van der Waals surface area contributed by atoms with E-state index in [-0.39, 0.29) is 43.0 Å². The summed E-state index contributed by atoms with van der Waals surface area (Å²) in [6.07, 6.45) is -0.884. The molecule has 1 aromatic carbocycles. The maximum Gasteiger partial charge on any atom is 0.233 e. The molecular formula is C12H19IN2O4. The van der Waals surface area contributed by atoms with Gasteiger partial charge in [0.1, 0.15) is 11.5 Å². The van der Waals surface area contributed by atoms with Crippen LogP contribution < -0.4 is 20.5 Å². The summed E-state index contributed by atoms with van der Waals surface area (Å²) < 4.78 is 10.2. The third-order valence-electron chi connectivity index (χ3n) is 2.47. The predicted octanol–water partition coefficient (Wildman–Crippen LogP) is 0.430. The lowest BCUT2D eigenvalue weighted by atomic mass is 10.1. The van der Waals surface area contributed by atoms with Gasteiger partial charge in [0.15, 0.2) is 0 Å². The number of methoxy groups -OCH3 is 2. The monoisotopic (exact) mass is 382 g/mol. The third kappa shape index (κ3) is 5.21. The fourth-order valence-electron chi connectivity index (χ4n) is 1.49. The van der Waals surface area contributed by atoms with E-state index in [0.29, 0.717) is 17.1 Å². The average Bonchev–Trinajstić information content (AvgIpc) is 2.43. The Bertz CT molecular complexity index is 415. The number of amides is 1. The van der Waals surface area contributed by atoms with Crippen LogP contribution in [0.3, 0.4) is 0 Å². The van der Waals surface area contributed by atoms with Crippen molar-refractivity contribution in [1.29, 1.82) is 0 Å². The number of aliphatic hydroxyl groups excluding tert-OH is 1. The van der Waals surface area contributed by atoms with Gasteiger partial charge in [0.05, 0.1) is 26.9 Å². The van der Waals surface area contributed by atoms with E-state index in [4.69, 9.17) is 15.2 Å². The molecule has 1 rings (SSSR count). The second-order valence-corrected chi connectivity index (χ2v) is 3.63. The molecule has 0 saturated carbocycles. The quantitative estimate of drug-likeness (QED) is 0.621. The van der Waals surface area contributed by atoms with Crippen LogP contribution in [0.2, 0.25) is 0 Å². The minimum absolute atomic E-state index is 0. The van der Waals surface area contributed by atoms with Gasteiger partial charge in [0, 0.05) is 12.1 Å². The van der Waals surface area contributed by atoms with E-state index in [1.807, 2.05) is 0 Å². The lowest BCUT2D eigenvalue weighted by Gasteiger charge is -2.16. The summed E-state index contributed by atoms with van der Waals surface area (Å²) in [5.41, 5.74) is 5.71. The summed E-state index contributed by atoms with van der Waals surface area (Å²) in [6.45, 7) is -0.0402. The Kier molecular flexibility index (Phi) is 8.44. The number of hydrogen-bond donors (Lipinski definition) is 3. The summed E-state index contributed by atoms with van der Waals surface area (Å²) >= 11 is 0. The maximum atomic E-state index is 11.0. The lowest BCUT2D eigenvalue weighted by molar-refractivity contribution is -0.120. The Hall–Kier alpha value is -1.06. The number of hydrogen-bond acceptors (Lipinski definition) is 5. The molecule has 1 amide bonds. The Labute approximate surface area is 129 Å². The van der Waals surface area contributed by atoms with Crippen molar-refractivity contribution in [2.24, 2.45) is 5.73 Å². The highest BCUT2D eigenvalue weighted by Gasteiger charge is 2.15. The van der Waals surface area contributed by atoms with E-state index in [1.165, 1.54) is 14.2 Å². The molecule has 0 saturated heterocycles. The molecule has 19 heavy (non-hydrogen) atoms. The molecule has 0 fully saturated rings. The second-order valence-electron chi connectivity index (χ2n) is 3.63. The van der Waals surface area contributed by atoms with Crippen LogP contribution in [0.4, 0.5) is 0 Å². The van der Waals surface area contributed by atoms with Gasteiger partial charge in [-0.2, -0.15) is 0 Å². The van der Waals surface area contributed by atoms with Gasteiger partial charge in [0.25, 0.3) is 0 Å². The van der Waals surface area contributed by atoms with Gasteiger partial charge < -0.3 is 25.6 Å². The normalized spacial score (nSPS) is 11.2. The molecule has 0 aliphatic carbocycles. The molecule has 7 heteroatoms. The number of nitrogens with one attached hydrogen (secondary N) is 1. The van der Waals surface area contributed by atoms with Crippen LogP contribution in [0.5, 0.6) is 11.5 Å². The molecule has 0 heterocycles. The third-order valence-corrected chi connectivity index (χ3v) is 2.47. The van der Waals surface area contributed by atoms with Crippen LogP contribution >= 0.6 is 24.0 Å². The Morgan fingerprint density at radius 1 is 1.42 bits per heavy atom. The van der Waals surface area contributed by atoms with E-state index >= 15 is 0 Å². The summed E-state index contributed by atoms with van der Waals surface area (Å²) in [5.74, 6) is 0.816. The number of carbonyl (C=O) groups is 1. The molecule has 1 atom stereocenters. The van der Waals surface area contributed by atoms with Crippen molar-refractivity contribution in [2.75, 3.05) is 27.3 Å². The molecule has 1 unspecified atom stereocenters. The predicted molar refractivity (Wildman–Crippen MR) is 82.0 cm³/mol. The molecule has 4 N–H and O–H groups in total. The molecule has 0 radical (unpaired) electrons. The van der Waals surface area contributed by atoms with Gasteiger partial charge >= 0.3 is 0 Å². The molecule has 6 nitrogen and oxygen atoms in total. The molecule has 0 bridgehead atoms. The summed E-state index contributed by atoms with van der Waals surface area (Å²) in [5, 5.41) is 12.5. The zero-order chi connectivity index (χ0) is 13.5. The number of carbonyl (C=O) groups excluding carboxylic acids is 1. The van der Waals surface area contributed by atoms with Crippen LogP contribution in [0.25, 0.3) is 0 Å². The molecular weight excluding hydrogens is 363 g/mol. The number of rotatable bonds is 6. The first-order valence-corrected chi connectivity index (χ1v) is 5.49. The van der Waals surface area contributed by atoms with Gasteiger partial charge in [-0.25, -0.2) is 0 Å². The van der Waals surface area contributed by atoms with E-state index in [9.17, 15) is 9.90 Å². The Morgan fingerprint density at radius 2 is 2.11 bits per heavy atom. The van der Waals surface area contributed by atoms with E-state index < -0.39 is 6.10 Å². The second kappa shape index (κ2) is 8.94. The zero-order valence-corrected chi connectivity index (χ0v) is 13.2. The Balaban J connectivity index is 0.00000324. The minimum Gasteiger partial charge on any atom is -0.497 e. The number of halogens is 1. The van der Waals surface area contributed by atoms with E-state index in [0.717, 1.165) is 0 Å². The van der Waals surface area contributed by atoms with Crippen LogP contribution in [0, 0.1) is 0 Å². The summed E-state index contributed by atoms with van der Waals surface area (Å²) in [7, 11) is 3.05. The van der Waals surface area contributed by atoms with Crippen molar-refractivity contribution in [1.82, 2.24) is 5.32 Å². The standard InChI is InChI=1S/C12H18N2O4.HI/c1-17-8-3-4-11(18-2)9(5-8)10(15)7-14-12(16)6-13;/h3-5,10,15H,6-7,13H2,1-2H3,(H,14,16);1H. The summed E-state index contributed by atoms with van der Waals surface area (Å²) in [6, 6.07) is 5.09. The average molecular weight is 382 g/mol. The number of ether oxygens (including phenoxy) is 2.